The summed E-state index contributed by atoms with van der Waals surface area (Å²) >= 11 is 0. The molecular weight excluding hydrogens is 234 g/mol. The molecule has 1 N–H and O–H groups in total. The molecule has 0 aromatic rings. The standard InChI is InChI=1S/C13H23NO4/c1-4-13(2,18-3)12(17)14-7-5-6-10(9-14)8-11(15)16/h10H,4-9H2,1-3H3,(H,15,16). The van der Waals surface area contributed by atoms with Crippen molar-refractivity contribution in [3.8, 4) is 0 Å². The molecule has 5 nitrogen and oxygen atoms in total. The average Bonchev–Trinajstić information content (AvgIpc) is 2.36. The Morgan fingerprint density at radius 1 is 1.50 bits per heavy atom. The zero-order valence-electron chi connectivity index (χ0n) is 11.4. The molecule has 0 spiro atoms. The quantitative estimate of drug-likeness (QED) is 0.810. The minimum absolute atomic E-state index is 0.0254. The molecule has 0 aromatic carbocycles. The van der Waals surface area contributed by atoms with Gasteiger partial charge in [-0.2, -0.15) is 0 Å². The molecule has 104 valence electrons. The molecule has 18 heavy (non-hydrogen) atoms. The fourth-order valence-electron chi connectivity index (χ4n) is 2.38. The fourth-order valence-corrected chi connectivity index (χ4v) is 2.38. The molecule has 1 aliphatic rings. The van der Waals surface area contributed by atoms with Crippen molar-refractivity contribution in [2.24, 2.45) is 5.92 Å². The maximum absolute atomic E-state index is 12.4. The van der Waals surface area contributed by atoms with Crippen LogP contribution in [0.3, 0.4) is 0 Å². The number of carbonyl (C=O) groups excluding carboxylic acids is 1. The lowest BCUT2D eigenvalue weighted by atomic mass is 9.92. The van der Waals surface area contributed by atoms with Crippen molar-refractivity contribution in [1.29, 1.82) is 0 Å². The van der Waals surface area contributed by atoms with Gasteiger partial charge in [-0.25, -0.2) is 0 Å². The van der Waals surface area contributed by atoms with Gasteiger partial charge in [0.1, 0.15) is 5.60 Å². The highest BCUT2D eigenvalue weighted by atomic mass is 16.5. The van der Waals surface area contributed by atoms with Crippen LogP contribution in [0.2, 0.25) is 0 Å². The molecule has 1 heterocycles. The number of methoxy groups -OCH3 is 1. The molecule has 2 atom stereocenters. The Morgan fingerprint density at radius 3 is 2.67 bits per heavy atom. The number of hydrogen-bond donors (Lipinski definition) is 1. The third kappa shape index (κ3) is 3.45. The molecule has 0 saturated carbocycles. The second-order valence-corrected chi connectivity index (χ2v) is 5.15. The van der Waals surface area contributed by atoms with E-state index in [-0.39, 0.29) is 18.2 Å². The summed E-state index contributed by atoms with van der Waals surface area (Å²) < 4.78 is 5.31. The minimum atomic E-state index is -0.792. The largest absolute Gasteiger partial charge is 0.481 e. The van der Waals surface area contributed by atoms with Gasteiger partial charge < -0.3 is 14.7 Å². The number of ether oxygens (including phenoxy) is 1. The number of hydrogen-bond acceptors (Lipinski definition) is 3. The SMILES string of the molecule is CCC(C)(OC)C(=O)N1CCCC(CC(=O)O)C1. The van der Waals surface area contributed by atoms with Crippen molar-refractivity contribution >= 4 is 11.9 Å². The molecule has 1 rings (SSSR count). The van der Waals surface area contributed by atoms with E-state index in [4.69, 9.17) is 9.84 Å². The third-order valence-electron chi connectivity index (χ3n) is 3.85. The fraction of sp³-hybridized carbons (Fsp3) is 0.846. The normalized spacial score (nSPS) is 23.5. The first-order valence-corrected chi connectivity index (χ1v) is 6.49. The van der Waals surface area contributed by atoms with Crippen LogP contribution < -0.4 is 0 Å². The molecule has 0 bridgehead atoms. The highest BCUT2D eigenvalue weighted by Crippen LogP contribution is 2.24. The zero-order valence-corrected chi connectivity index (χ0v) is 11.4. The summed E-state index contributed by atoms with van der Waals surface area (Å²) in [5, 5.41) is 8.81. The van der Waals surface area contributed by atoms with Crippen molar-refractivity contribution < 1.29 is 19.4 Å². The van der Waals surface area contributed by atoms with E-state index in [0.29, 0.717) is 19.5 Å². The molecule has 1 saturated heterocycles. The van der Waals surface area contributed by atoms with Crippen LogP contribution in [0, 0.1) is 5.92 Å². The van der Waals surface area contributed by atoms with Crippen LogP contribution in [0.4, 0.5) is 0 Å². The van der Waals surface area contributed by atoms with Gasteiger partial charge in [-0.3, -0.25) is 9.59 Å². The second kappa shape index (κ2) is 6.18. The first-order chi connectivity index (χ1) is 8.42. The summed E-state index contributed by atoms with van der Waals surface area (Å²) in [5.74, 6) is -0.750. The van der Waals surface area contributed by atoms with Gasteiger partial charge in [0.2, 0.25) is 0 Å². The van der Waals surface area contributed by atoms with Gasteiger partial charge >= 0.3 is 5.97 Å². The first-order valence-electron chi connectivity index (χ1n) is 6.49. The number of rotatable bonds is 5. The van der Waals surface area contributed by atoms with Gasteiger partial charge in [0.25, 0.3) is 5.91 Å². The van der Waals surface area contributed by atoms with E-state index in [0.717, 1.165) is 12.8 Å². The van der Waals surface area contributed by atoms with Crippen LogP contribution in [0.1, 0.15) is 39.5 Å². The van der Waals surface area contributed by atoms with Gasteiger partial charge in [0.15, 0.2) is 0 Å². The second-order valence-electron chi connectivity index (χ2n) is 5.15. The Balaban J connectivity index is 2.66. The Labute approximate surface area is 108 Å². The summed E-state index contributed by atoms with van der Waals surface area (Å²) in [4.78, 5) is 24.8. The molecule has 1 aliphatic heterocycles. The lowest BCUT2D eigenvalue weighted by molar-refractivity contribution is -0.156. The molecule has 1 fully saturated rings. The lowest BCUT2D eigenvalue weighted by Crippen LogP contribution is -2.51. The van der Waals surface area contributed by atoms with E-state index < -0.39 is 11.6 Å². The molecule has 1 amide bonds. The Hall–Kier alpha value is -1.10. The van der Waals surface area contributed by atoms with E-state index in [1.165, 1.54) is 0 Å². The van der Waals surface area contributed by atoms with Crippen LogP contribution in [-0.2, 0) is 14.3 Å². The van der Waals surface area contributed by atoms with Crippen molar-refractivity contribution in [2.45, 2.75) is 45.1 Å². The first kappa shape index (κ1) is 15.0. The maximum Gasteiger partial charge on any atom is 0.303 e. The number of carboxylic acids is 1. The van der Waals surface area contributed by atoms with Crippen molar-refractivity contribution in [3.63, 3.8) is 0 Å². The predicted molar refractivity (Wildman–Crippen MR) is 67.3 cm³/mol. The van der Waals surface area contributed by atoms with Crippen LogP contribution >= 0.6 is 0 Å². The zero-order chi connectivity index (χ0) is 13.8. The minimum Gasteiger partial charge on any atom is -0.481 e. The number of piperidine rings is 1. The van der Waals surface area contributed by atoms with Gasteiger partial charge in [-0.1, -0.05) is 6.92 Å². The van der Waals surface area contributed by atoms with E-state index in [2.05, 4.69) is 0 Å². The predicted octanol–water partition coefficient (Wildman–Crippen LogP) is 1.51. The van der Waals surface area contributed by atoms with Gasteiger partial charge in [-0.15, -0.1) is 0 Å². The van der Waals surface area contributed by atoms with Crippen LogP contribution in [-0.4, -0.2) is 47.7 Å². The highest BCUT2D eigenvalue weighted by molar-refractivity contribution is 5.85. The summed E-state index contributed by atoms with van der Waals surface area (Å²) in [6, 6.07) is 0. The van der Waals surface area contributed by atoms with E-state index >= 15 is 0 Å². The lowest BCUT2D eigenvalue weighted by Gasteiger charge is -2.37. The number of amides is 1. The maximum atomic E-state index is 12.4. The summed E-state index contributed by atoms with van der Waals surface area (Å²) in [7, 11) is 1.54. The van der Waals surface area contributed by atoms with Gasteiger partial charge in [0, 0.05) is 26.6 Å². The summed E-state index contributed by atoms with van der Waals surface area (Å²) in [6.07, 6.45) is 2.50. The number of carboxylic acid groups (broad SMARTS) is 1. The molecule has 0 aliphatic carbocycles. The van der Waals surface area contributed by atoms with Gasteiger partial charge in [-0.05, 0) is 32.1 Å². The Morgan fingerprint density at radius 2 is 2.17 bits per heavy atom. The number of carbonyl (C=O) groups is 2. The highest BCUT2D eigenvalue weighted by Gasteiger charge is 2.37. The topological polar surface area (TPSA) is 66.8 Å². The van der Waals surface area contributed by atoms with E-state index in [9.17, 15) is 9.59 Å². The van der Waals surface area contributed by atoms with Gasteiger partial charge in [0.05, 0.1) is 0 Å². The number of nitrogens with zero attached hydrogens (tertiary/aromatic N) is 1. The van der Waals surface area contributed by atoms with Crippen molar-refractivity contribution in [1.82, 2.24) is 4.90 Å². The Kier molecular flexibility index (Phi) is 5.14. The summed E-state index contributed by atoms with van der Waals surface area (Å²) in [6.45, 7) is 4.94. The molecular formula is C13H23NO4. The molecule has 0 aromatic heterocycles. The smallest absolute Gasteiger partial charge is 0.303 e. The van der Waals surface area contributed by atoms with Crippen LogP contribution in [0.25, 0.3) is 0 Å². The van der Waals surface area contributed by atoms with Crippen LogP contribution in [0.15, 0.2) is 0 Å². The van der Waals surface area contributed by atoms with Crippen molar-refractivity contribution in [3.05, 3.63) is 0 Å². The molecule has 2 unspecified atom stereocenters. The number of likely N-dealkylation sites (tertiary alicyclic amines) is 1. The average molecular weight is 257 g/mol. The van der Waals surface area contributed by atoms with E-state index in [1.54, 1.807) is 18.9 Å². The Bertz CT molecular complexity index is 312. The van der Waals surface area contributed by atoms with E-state index in [1.807, 2.05) is 6.92 Å². The summed E-state index contributed by atoms with van der Waals surface area (Å²) in [5.41, 5.74) is -0.787. The number of aliphatic carboxylic acids is 1. The van der Waals surface area contributed by atoms with Crippen LogP contribution in [0.5, 0.6) is 0 Å². The monoisotopic (exact) mass is 257 g/mol. The molecule has 0 radical (unpaired) electrons. The third-order valence-corrected chi connectivity index (χ3v) is 3.85. The van der Waals surface area contributed by atoms with Crippen molar-refractivity contribution in [2.75, 3.05) is 20.2 Å². The molecule has 5 heteroatoms.